The van der Waals surface area contributed by atoms with E-state index in [0.717, 1.165) is 37.3 Å². The van der Waals surface area contributed by atoms with E-state index in [9.17, 15) is 4.79 Å². The normalized spacial score (nSPS) is 23.8. The number of H-pyrrole nitrogens is 1. The number of benzene rings is 1. The SMILES string of the molecule is Cc1[nH]ncc1C1CNC(C(=O)N2CCc3ccccc32)C1. The Kier molecular flexibility index (Phi) is 3.22. The van der Waals surface area contributed by atoms with Gasteiger partial charge in [0.05, 0.1) is 12.2 Å². The monoisotopic (exact) mass is 296 g/mol. The van der Waals surface area contributed by atoms with Crippen molar-refractivity contribution < 1.29 is 4.79 Å². The van der Waals surface area contributed by atoms with Crippen LogP contribution in [0.2, 0.25) is 0 Å². The molecule has 2 aliphatic rings. The third-order valence-corrected chi connectivity index (χ3v) is 4.89. The summed E-state index contributed by atoms with van der Waals surface area (Å²) in [6.07, 6.45) is 3.69. The van der Waals surface area contributed by atoms with Crippen molar-refractivity contribution in [3.8, 4) is 0 Å². The topological polar surface area (TPSA) is 61.0 Å². The van der Waals surface area contributed by atoms with Gasteiger partial charge in [0.25, 0.3) is 0 Å². The van der Waals surface area contributed by atoms with Crippen LogP contribution in [0, 0.1) is 6.92 Å². The van der Waals surface area contributed by atoms with Gasteiger partial charge in [-0.05, 0) is 37.0 Å². The van der Waals surface area contributed by atoms with Crippen molar-refractivity contribution >= 4 is 11.6 Å². The van der Waals surface area contributed by atoms with E-state index in [1.807, 2.05) is 36.2 Å². The molecule has 2 atom stereocenters. The van der Waals surface area contributed by atoms with Crippen LogP contribution in [0.4, 0.5) is 5.69 Å². The maximum absolute atomic E-state index is 12.9. The maximum Gasteiger partial charge on any atom is 0.244 e. The summed E-state index contributed by atoms with van der Waals surface area (Å²) in [6.45, 7) is 3.67. The summed E-state index contributed by atoms with van der Waals surface area (Å²) in [5.74, 6) is 0.569. The highest BCUT2D eigenvalue weighted by Crippen LogP contribution is 2.32. The van der Waals surface area contributed by atoms with E-state index in [1.165, 1.54) is 11.1 Å². The number of aromatic amines is 1. The zero-order chi connectivity index (χ0) is 15.1. The second-order valence-corrected chi connectivity index (χ2v) is 6.21. The van der Waals surface area contributed by atoms with Gasteiger partial charge in [-0.3, -0.25) is 9.89 Å². The van der Waals surface area contributed by atoms with E-state index in [1.54, 1.807) is 0 Å². The van der Waals surface area contributed by atoms with Gasteiger partial charge in [-0.1, -0.05) is 18.2 Å². The molecule has 0 aliphatic carbocycles. The highest BCUT2D eigenvalue weighted by molar-refractivity contribution is 5.99. The van der Waals surface area contributed by atoms with E-state index >= 15 is 0 Å². The molecule has 2 aromatic rings. The van der Waals surface area contributed by atoms with Gasteiger partial charge in [-0.15, -0.1) is 0 Å². The van der Waals surface area contributed by atoms with Crippen molar-refractivity contribution in [3.05, 3.63) is 47.3 Å². The molecular weight excluding hydrogens is 276 g/mol. The third-order valence-electron chi connectivity index (χ3n) is 4.89. The number of para-hydroxylation sites is 1. The van der Waals surface area contributed by atoms with E-state index in [2.05, 4.69) is 21.6 Å². The molecule has 0 radical (unpaired) electrons. The highest BCUT2D eigenvalue weighted by atomic mass is 16.2. The van der Waals surface area contributed by atoms with Crippen LogP contribution in [0.3, 0.4) is 0 Å². The van der Waals surface area contributed by atoms with Crippen LogP contribution in [-0.2, 0) is 11.2 Å². The second kappa shape index (κ2) is 5.25. The molecule has 5 nitrogen and oxygen atoms in total. The first-order valence-corrected chi connectivity index (χ1v) is 7.86. The zero-order valence-electron chi connectivity index (χ0n) is 12.7. The summed E-state index contributed by atoms with van der Waals surface area (Å²) < 4.78 is 0. The molecule has 1 fully saturated rings. The Morgan fingerprint density at radius 3 is 3.05 bits per heavy atom. The van der Waals surface area contributed by atoms with Crippen LogP contribution < -0.4 is 10.2 Å². The zero-order valence-corrected chi connectivity index (χ0v) is 12.7. The predicted octanol–water partition coefficient (Wildman–Crippen LogP) is 1.75. The lowest BCUT2D eigenvalue weighted by molar-refractivity contribution is -0.120. The number of anilines is 1. The first kappa shape index (κ1) is 13.5. The largest absolute Gasteiger partial charge is 0.310 e. The number of nitrogens with zero attached hydrogens (tertiary/aromatic N) is 2. The Bertz CT molecular complexity index is 708. The number of hydrogen-bond donors (Lipinski definition) is 2. The summed E-state index contributed by atoms with van der Waals surface area (Å²) >= 11 is 0. The molecule has 1 amide bonds. The highest BCUT2D eigenvalue weighted by Gasteiger charge is 2.36. The number of aromatic nitrogens is 2. The van der Waals surface area contributed by atoms with Crippen LogP contribution in [0.5, 0.6) is 0 Å². The van der Waals surface area contributed by atoms with Crippen molar-refractivity contribution in [2.24, 2.45) is 0 Å². The van der Waals surface area contributed by atoms with Gasteiger partial charge in [0.1, 0.15) is 0 Å². The molecule has 1 aromatic heterocycles. The molecule has 0 saturated carbocycles. The molecule has 2 N–H and O–H groups in total. The first-order valence-electron chi connectivity index (χ1n) is 7.86. The molecule has 0 bridgehead atoms. The Labute approximate surface area is 129 Å². The molecule has 3 heterocycles. The minimum Gasteiger partial charge on any atom is -0.310 e. The molecule has 22 heavy (non-hydrogen) atoms. The fraction of sp³-hybridized carbons (Fsp3) is 0.412. The molecule has 2 unspecified atom stereocenters. The van der Waals surface area contributed by atoms with Gasteiger partial charge in [0, 0.05) is 30.4 Å². The van der Waals surface area contributed by atoms with Crippen LogP contribution in [0.1, 0.15) is 29.2 Å². The van der Waals surface area contributed by atoms with Crippen LogP contribution >= 0.6 is 0 Å². The lowest BCUT2D eigenvalue weighted by atomic mass is 9.96. The Hall–Kier alpha value is -2.14. The fourth-order valence-corrected chi connectivity index (χ4v) is 3.69. The predicted molar refractivity (Wildman–Crippen MR) is 85.0 cm³/mol. The Balaban J connectivity index is 1.50. The average Bonchev–Trinajstić information content (AvgIpc) is 3.25. The number of amides is 1. The quantitative estimate of drug-likeness (QED) is 0.887. The third kappa shape index (κ3) is 2.13. The maximum atomic E-state index is 12.9. The lowest BCUT2D eigenvalue weighted by Gasteiger charge is -2.21. The van der Waals surface area contributed by atoms with Crippen molar-refractivity contribution in [1.29, 1.82) is 0 Å². The minimum atomic E-state index is -0.0922. The van der Waals surface area contributed by atoms with E-state index in [0.29, 0.717) is 5.92 Å². The fourth-order valence-electron chi connectivity index (χ4n) is 3.69. The first-order chi connectivity index (χ1) is 10.7. The number of carbonyl (C=O) groups excluding carboxylic acids is 1. The van der Waals surface area contributed by atoms with E-state index in [4.69, 9.17) is 0 Å². The molecule has 1 aromatic carbocycles. The number of hydrogen-bond acceptors (Lipinski definition) is 3. The van der Waals surface area contributed by atoms with Gasteiger partial charge in [-0.25, -0.2) is 0 Å². The number of rotatable bonds is 2. The molecule has 4 rings (SSSR count). The van der Waals surface area contributed by atoms with E-state index < -0.39 is 0 Å². The Morgan fingerprint density at radius 1 is 1.36 bits per heavy atom. The van der Waals surface area contributed by atoms with Crippen molar-refractivity contribution in [2.45, 2.75) is 31.7 Å². The molecule has 0 spiro atoms. The van der Waals surface area contributed by atoms with Gasteiger partial charge in [0.2, 0.25) is 5.91 Å². The summed E-state index contributed by atoms with van der Waals surface area (Å²) in [4.78, 5) is 14.8. The molecule has 114 valence electrons. The lowest BCUT2D eigenvalue weighted by Crippen LogP contribution is -2.42. The van der Waals surface area contributed by atoms with Crippen molar-refractivity contribution in [1.82, 2.24) is 15.5 Å². The summed E-state index contributed by atoms with van der Waals surface area (Å²) in [6, 6.07) is 8.11. The molecule has 5 heteroatoms. The van der Waals surface area contributed by atoms with Crippen molar-refractivity contribution in [2.75, 3.05) is 18.0 Å². The average molecular weight is 296 g/mol. The van der Waals surface area contributed by atoms with Gasteiger partial charge >= 0.3 is 0 Å². The molecule has 1 saturated heterocycles. The minimum absolute atomic E-state index is 0.0922. The number of aryl methyl sites for hydroxylation is 1. The van der Waals surface area contributed by atoms with Gasteiger partial charge in [0.15, 0.2) is 0 Å². The Morgan fingerprint density at radius 2 is 2.23 bits per heavy atom. The van der Waals surface area contributed by atoms with Crippen LogP contribution in [0.15, 0.2) is 30.5 Å². The number of fused-ring (bicyclic) bond motifs is 1. The number of carbonyl (C=O) groups is 1. The smallest absolute Gasteiger partial charge is 0.244 e. The van der Waals surface area contributed by atoms with Crippen LogP contribution in [0.25, 0.3) is 0 Å². The number of nitrogens with one attached hydrogen (secondary N) is 2. The molecule has 2 aliphatic heterocycles. The van der Waals surface area contributed by atoms with Gasteiger partial charge in [-0.2, -0.15) is 5.10 Å². The van der Waals surface area contributed by atoms with Gasteiger partial charge < -0.3 is 10.2 Å². The summed E-state index contributed by atoms with van der Waals surface area (Å²) in [7, 11) is 0. The van der Waals surface area contributed by atoms with Crippen LogP contribution in [-0.4, -0.2) is 35.2 Å². The second-order valence-electron chi connectivity index (χ2n) is 6.21. The molecular formula is C17H20N4O. The van der Waals surface area contributed by atoms with E-state index in [-0.39, 0.29) is 11.9 Å². The summed E-state index contributed by atoms with van der Waals surface area (Å²) in [5, 5.41) is 10.5. The summed E-state index contributed by atoms with van der Waals surface area (Å²) in [5.41, 5.74) is 4.68. The standard InChI is InChI=1S/C17H20N4O/c1-11-14(10-19-20-11)13-8-15(18-9-13)17(22)21-7-6-12-4-2-3-5-16(12)21/h2-5,10,13,15,18H,6-9H2,1H3,(H,19,20). The van der Waals surface area contributed by atoms with Crippen molar-refractivity contribution in [3.63, 3.8) is 0 Å².